The molecule has 3 unspecified atom stereocenters. The van der Waals surface area contributed by atoms with Crippen LogP contribution >= 0.6 is 47.0 Å². The number of nitrogens with zero attached hydrogens (tertiary/aromatic N) is 3. The zero-order valence-electron chi connectivity index (χ0n) is 50.5. The van der Waals surface area contributed by atoms with Gasteiger partial charge in [-0.1, -0.05) is 19.3 Å². The molecule has 0 aromatic heterocycles. The molecule has 3 atom stereocenters. The van der Waals surface area contributed by atoms with E-state index in [2.05, 4.69) is 16.0 Å². The largest absolute Gasteiger partial charge is 0.379 e. The van der Waals surface area contributed by atoms with E-state index < -0.39 is 0 Å². The molecule has 474 valence electrons. The minimum Gasteiger partial charge on any atom is -0.379 e. The number of carbonyl (C=O) groups is 12. The molecule has 0 aromatic rings. The molecule has 3 saturated heterocycles. The molecular weight excluding hydrogens is 1150 g/mol. The highest BCUT2D eigenvalue weighted by Crippen LogP contribution is 2.32. The number of unbranched alkanes of at least 4 members (excludes halogenated alkanes) is 5. The highest BCUT2D eigenvalue weighted by molar-refractivity contribution is 8.00. The van der Waals surface area contributed by atoms with Crippen LogP contribution in [-0.4, -0.2) is 225 Å². The molecule has 4 fully saturated rings. The number of Topliss-reactive ketones (excluding diaryl/α,β-unsaturated/α-hetero) is 3. The maximum atomic E-state index is 12.1. The van der Waals surface area contributed by atoms with Gasteiger partial charge >= 0.3 is 0 Å². The number of hydrogen-bond donors (Lipinski definition) is 3. The summed E-state index contributed by atoms with van der Waals surface area (Å²) in [6.07, 6.45) is 21.0. The Morgan fingerprint density at radius 3 is 1.36 bits per heavy atom. The molecule has 3 N–H and O–H groups in total. The number of nitrogens with one attached hydrogen (secondary N) is 3. The van der Waals surface area contributed by atoms with E-state index in [4.69, 9.17) is 18.9 Å². The monoisotopic (exact) mass is 1250 g/mol. The fourth-order valence-corrected chi connectivity index (χ4v) is 11.3. The minimum atomic E-state index is -0.326. The van der Waals surface area contributed by atoms with Crippen LogP contribution in [0.1, 0.15) is 136 Å². The number of amides is 9. The van der Waals surface area contributed by atoms with Gasteiger partial charge in [0, 0.05) is 97.6 Å². The van der Waals surface area contributed by atoms with Crippen molar-refractivity contribution in [1.29, 1.82) is 0 Å². The van der Waals surface area contributed by atoms with E-state index in [-0.39, 0.29) is 106 Å². The Bertz CT molecular complexity index is 2030. The van der Waals surface area contributed by atoms with Crippen LogP contribution < -0.4 is 16.0 Å². The van der Waals surface area contributed by atoms with E-state index in [1.165, 1.54) is 50.0 Å². The smallest absolute Gasteiger partial charge is 0.242 e. The van der Waals surface area contributed by atoms with Gasteiger partial charge in [0.05, 0.1) is 74.4 Å². The Morgan fingerprint density at radius 1 is 0.482 bits per heavy atom. The maximum absolute atomic E-state index is 12.1. The molecule has 0 bridgehead atoms. The molecule has 22 nitrogen and oxygen atoms in total. The molecule has 4 rings (SSSR count). The summed E-state index contributed by atoms with van der Waals surface area (Å²) < 4.78 is 21.3. The van der Waals surface area contributed by atoms with Crippen LogP contribution in [0.3, 0.4) is 0 Å². The first-order chi connectivity index (χ1) is 39.8. The zero-order chi connectivity index (χ0) is 62.0. The number of ether oxygens (including phenoxy) is 4. The van der Waals surface area contributed by atoms with Gasteiger partial charge in [0.25, 0.3) is 0 Å². The summed E-state index contributed by atoms with van der Waals surface area (Å²) in [5.41, 5.74) is 0. The average Bonchev–Trinajstić information content (AvgIpc) is 4.25. The molecule has 1 saturated carbocycles. The number of ketones is 3. The van der Waals surface area contributed by atoms with Crippen LogP contribution in [0, 0.1) is 11.8 Å². The third-order valence-corrected chi connectivity index (χ3v) is 17.2. The van der Waals surface area contributed by atoms with Crippen molar-refractivity contribution in [2.75, 3.05) is 124 Å². The third-order valence-electron chi connectivity index (χ3n) is 13.8. The van der Waals surface area contributed by atoms with Gasteiger partial charge in [-0.25, -0.2) is 0 Å². The standard InChI is InChI=1S/C20H35N3O8S.C14H22N2O3S.C12H19NO3S.C11H20O2S/c1-21-17(24)4-7-28-9-11-30-13-14-31-12-10-29-8-5-22-18(25)3-6-23-19(26)15-16(32-2)20(23)27;1-15-13(18)10-5-3-9(4-6-10)8-16-12(17)7-11(20-2)14(16)19;1-9(14)6-4-3-5-7-13-11(15)8-10(17-2)12(13)16;1-10(12)7-5-3-4-6-8-11(13)9-14-2/h16H,3-15H2,1-2H3,(H,21,24)(H,22,25);9-11H,3-8H2,1-2H3,(H,15,18);10H,3-8H2,1-2H3;3-9H2,1-2H3. The molecule has 3 aliphatic heterocycles. The van der Waals surface area contributed by atoms with E-state index >= 15 is 0 Å². The minimum absolute atomic E-state index is 0.0316. The number of rotatable bonds is 39. The van der Waals surface area contributed by atoms with Gasteiger partial charge in [0.2, 0.25) is 53.2 Å². The van der Waals surface area contributed by atoms with Crippen molar-refractivity contribution in [3.8, 4) is 0 Å². The van der Waals surface area contributed by atoms with Gasteiger partial charge in [-0.3, -0.25) is 62.6 Å². The summed E-state index contributed by atoms with van der Waals surface area (Å²) >= 11 is 5.83. The first-order valence-electron chi connectivity index (χ1n) is 28.9. The second-order valence-electron chi connectivity index (χ2n) is 20.3. The number of hydrogen-bond acceptors (Lipinski definition) is 20. The van der Waals surface area contributed by atoms with E-state index in [0.717, 1.165) is 70.6 Å². The zero-order valence-corrected chi connectivity index (χ0v) is 53.8. The van der Waals surface area contributed by atoms with Crippen LogP contribution in [0.2, 0.25) is 0 Å². The Labute approximate surface area is 509 Å². The lowest BCUT2D eigenvalue weighted by Crippen LogP contribution is -2.38. The third kappa shape index (κ3) is 34.1. The molecule has 26 heteroatoms. The molecule has 0 aromatic carbocycles. The summed E-state index contributed by atoms with van der Waals surface area (Å²) in [4.78, 5) is 142. The van der Waals surface area contributed by atoms with Gasteiger partial charge in [-0.05, 0) is 96.2 Å². The average molecular weight is 1250 g/mol. The number of thioether (sulfide) groups is 4. The van der Waals surface area contributed by atoms with Gasteiger partial charge < -0.3 is 44.5 Å². The van der Waals surface area contributed by atoms with Crippen LogP contribution in [0.15, 0.2) is 0 Å². The van der Waals surface area contributed by atoms with Crippen LogP contribution in [0.4, 0.5) is 0 Å². The fourth-order valence-electron chi connectivity index (χ4n) is 8.96. The van der Waals surface area contributed by atoms with Crippen molar-refractivity contribution in [3.63, 3.8) is 0 Å². The first kappa shape index (κ1) is 77.1. The highest BCUT2D eigenvalue weighted by Gasteiger charge is 2.41. The Morgan fingerprint density at radius 2 is 0.916 bits per heavy atom. The van der Waals surface area contributed by atoms with Crippen molar-refractivity contribution in [1.82, 2.24) is 30.7 Å². The van der Waals surface area contributed by atoms with Crippen LogP contribution in [-0.2, 0) is 76.5 Å². The SMILES string of the molecule is CNC(=O)C1CCC(CN2C(=O)CC(SC)C2=O)CC1.CNC(=O)CCOCCOCCOCCOCCNC(=O)CCN1C(=O)CC(SC)C1=O.CSC1CC(=O)N(CCCCCC(C)=O)C1=O.CSCC(=O)CCCCCCC(C)=O. The molecule has 1 aliphatic carbocycles. The van der Waals surface area contributed by atoms with E-state index in [1.807, 2.05) is 18.8 Å². The van der Waals surface area contributed by atoms with E-state index in [0.29, 0.717) is 128 Å². The second kappa shape index (κ2) is 47.3. The van der Waals surface area contributed by atoms with Gasteiger partial charge in [-0.15, -0.1) is 0 Å². The number of carbonyl (C=O) groups excluding carboxylic acids is 12. The second-order valence-corrected chi connectivity index (χ2v) is 24.3. The van der Waals surface area contributed by atoms with Crippen molar-refractivity contribution < 1.29 is 76.5 Å². The van der Waals surface area contributed by atoms with Gasteiger partial charge in [-0.2, -0.15) is 47.0 Å². The van der Waals surface area contributed by atoms with Crippen molar-refractivity contribution in [3.05, 3.63) is 0 Å². The van der Waals surface area contributed by atoms with Crippen molar-refractivity contribution >= 4 is 118 Å². The molecule has 3 heterocycles. The fraction of sp³-hybridized carbons (Fsp3) is 0.789. The molecular formula is C57H96N6O16S4. The summed E-state index contributed by atoms with van der Waals surface area (Å²) in [6.45, 7) is 7.96. The van der Waals surface area contributed by atoms with E-state index in [1.54, 1.807) is 46.0 Å². The van der Waals surface area contributed by atoms with Crippen molar-refractivity contribution in [2.45, 2.75) is 152 Å². The summed E-state index contributed by atoms with van der Waals surface area (Å²) in [5.74, 6) is 1.13. The summed E-state index contributed by atoms with van der Waals surface area (Å²) in [7, 11) is 3.25. The highest BCUT2D eigenvalue weighted by atomic mass is 32.2. The quantitative estimate of drug-likeness (QED) is 0.0556. The lowest BCUT2D eigenvalue weighted by molar-refractivity contribution is -0.140. The molecule has 9 amide bonds. The van der Waals surface area contributed by atoms with Crippen LogP contribution in [0.25, 0.3) is 0 Å². The van der Waals surface area contributed by atoms with Gasteiger partial charge in [0.15, 0.2) is 0 Å². The molecule has 0 spiro atoms. The van der Waals surface area contributed by atoms with Gasteiger partial charge in [0.1, 0.15) is 17.3 Å². The lowest BCUT2D eigenvalue weighted by Gasteiger charge is -2.29. The number of likely N-dealkylation sites (tertiary alicyclic amines) is 3. The predicted molar refractivity (Wildman–Crippen MR) is 326 cm³/mol. The normalized spacial score (nSPS) is 19.4. The Kier molecular flexibility index (Phi) is 43.9. The lowest BCUT2D eigenvalue weighted by atomic mass is 9.81. The molecule has 83 heavy (non-hydrogen) atoms. The Hall–Kier alpha value is -3.92. The van der Waals surface area contributed by atoms with Crippen molar-refractivity contribution in [2.24, 2.45) is 11.8 Å². The van der Waals surface area contributed by atoms with Crippen LogP contribution in [0.5, 0.6) is 0 Å². The topological polar surface area (TPSA) is 288 Å². The predicted octanol–water partition coefficient (Wildman–Crippen LogP) is 4.69. The maximum Gasteiger partial charge on any atom is 0.242 e. The first-order valence-corrected chi connectivity index (χ1v) is 34.1. The molecule has 4 aliphatic rings. The molecule has 0 radical (unpaired) electrons. The summed E-state index contributed by atoms with van der Waals surface area (Å²) in [6, 6.07) is 0. The number of imide groups is 3. The Balaban J connectivity index is 0.000000584. The summed E-state index contributed by atoms with van der Waals surface area (Å²) in [5, 5.41) is 7.21. The van der Waals surface area contributed by atoms with E-state index in [9.17, 15) is 57.5 Å².